The molecule has 0 bridgehead atoms. The number of nitrogens with one attached hydrogen (secondary N) is 1. The predicted molar refractivity (Wildman–Crippen MR) is 53.7 cm³/mol. The van der Waals surface area contributed by atoms with E-state index in [-0.39, 0.29) is 5.11 Å². The number of hydrogen-bond donors (Lipinski definition) is 2. The molecule has 0 aliphatic heterocycles. The molecule has 0 aromatic carbocycles. The second-order valence-electron chi connectivity index (χ2n) is 2.95. The number of nitrogens with two attached hydrogens (primary N) is 1. The number of rotatable bonds is 1. The lowest BCUT2D eigenvalue weighted by molar-refractivity contribution is 0.303. The Labute approximate surface area is 85.5 Å². The monoisotopic (exact) mass is 211 g/mol. The maximum absolute atomic E-state index is 5.26. The van der Waals surface area contributed by atoms with Crippen molar-refractivity contribution in [3.63, 3.8) is 0 Å². The predicted octanol–water partition coefficient (Wildman–Crippen LogP) is -0.0568. The summed E-state index contributed by atoms with van der Waals surface area (Å²) < 4.78 is 4.63. The number of aromatic nitrogens is 2. The molecule has 0 saturated carbocycles. The Balaban J connectivity index is 2.23. The van der Waals surface area contributed by atoms with Crippen molar-refractivity contribution in [3.8, 4) is 0 Å². The zero-order chi connectivity index (χ0) is 9.97. The minimum Gasteiger partial charge on any atom is -0.375 e. The summed E-state index contributed by atoms with van der Waals surface area (Å²) in [7, 11) is 0. The Kier molecular flexibility index (Phi) is 2.40. The zero-order valence-electron chi connectivity index (χ0n) is 7.36. The van der Waals surface area contributed by atoms with Crippen molar-refractivity contribution in [1.82, 2.24) is 15.7 Å². The maximum atomic E-state index is 5.26. The molecule has 0 spiro atoms. The van der Waals surface area contributed by atoms with Crippen molar-refractivity contribution in [2.45, 2.75) is 19.3 Å². The third-order valence-corrected chi connectivity index (χ3v) is 2.05. The van der Waals surface area contributed by atoms with E-state index in [1.165, 1.54) is 0 Å². The quantitative estimate of drug-likeness (QED) is 0.500. The van der Waals surface area contributed by atoms with E-state index in [4.69, 9.17) is 5.73 Å². The maximum Gasteiger partial charge on any atom is 0.184 e. The van der Waals surface area contributed by atoms with Crippen LogP contribution in [0.2, 0.25) is 0 Å². The van der Waals surface area contributed by atoms with E-state index in [9.17, 15) is 0 Å². The van der Waals surface area contributed by atoms with E-state index < -0.39 is 0 Å². The average molecular weight is 211 g/mol. The Morgan fingerprint density at radius 2 is 2.36 bits per heavy atom. The third kappa shape index (κ3) is 1.72. The first-order valence-corrected chi connectivity index (χ1v) is 4.62. The summed E-state index contributed by atoms with van der Waals surface area (Å²) >= 11 is 4.64. The van der Waals surface area contributed by atoms with Gasteiger partial charge in [0.2, 0.25) is 0 Å². The Hall–Kier alpha value is -1.50. The van der Waals surface area contributed by atoms with Crippen molar-refractivity contribution >= 4 is 23.0 Å². The molecule has 0 atom stereocenters. The molecule has 1 aliphatic carbocycles. The number of thiocarbonyl (C=S) groups is 1. The number of nitrogens with zero attached hydrogens (tertiary/aromatic N) is 3. The third-order valence-electron chi connectivity index (χ3n) is 1.96. The van der Waals surface area contributed by atoms with E-state index in [0.29, 0.717) is 5.69 Å². The molecule has 1 aromatic heterocycles. The molecule has 0 saturated heterocycles. The van der Waals surface area contributed by atoms with Gasteiger partial charge in [-0.3, -0.25) is 5.43 Å². The second kappa shape index (κ2) is 3.70. The van der Waals surface area contributed by atoms with Gasteiger partial charge in [0, 0.05) is 0 Å². The zero-order valence-corrected chi connectivity index (χ0v) is 8.17. The van der Waals surface area contributed by atoms with E-state index >= 15 is 0 Å². The van der Waals surface area contributed by atoms with Crippen LogP contribution in [-0.4, -0.2) is 21.1 Å². The molecule has 14 heavy (non-hydrogen) atoms. The van der Waals surface area contributed by atoms with Gasteiger partial charge in [0.15, 0.2) is 10.8 Å². The summed E-state index contributed by atoms with van der Waals surface area (Å²) in [5, 5.41) is 11.7. The van der Waals surface area contributed by atoms with E-state index in [1.54, 1.807) is 0 Å². The van der Waals surface area contributed by atoms with E-state index in [0.717, 1.165) is 30.7 Å². The van der Waals surface area contributed by atoms with Gasteiger partial charge in [-0.15, -0.1) is 0 Å². The van der Waals surface area contributed by atoms with Crippen molar-refractivity contribution in [1.29, 1.82) is 0 Å². The summed E-state index contributed by atoms with van der Waals surface area (Å²) in [5.41, 5.74) is 10.1. The van der Waals surface area contributed by atoms with E-state index in [1.807, 2.05) is 0 Å². The smallest absolute Gasteiger partial charge is 0.184 e. The molecule has 3 N–H and O–H groups in total. The molecule has 0 radical (unpaired) electrons. The summed E-state index contributed by atoms with van der Waals surface area (Å²) in [6, 6.07) is 0. The topological polar surface area (TPSA) is 89.3 Å². The first-order valence-electron chi connectivity index (χ1n) is 4.21. The van der Waals surface area contributed by atoms with Crippen LogP contribution < -0.4 is 11.2 Å². The van der Waals surface area contributed by atoms with Crippen LogP contribution in [0.15, 0.2) is 9.73 Å². The van der Waals surface area contributed by atoms with Crippen LogP contribution in [0.5, 0.6) is 0 Å². The van der Waals surface area contributed by atoms with Gasteiger partial charge in [-0.25, -0.2) is 4.63 Å². The Morgan fingerprint density at radius 1 is 1.50 bits per heavy atom. The first kappa shape index (κ1) is 9.07. The molecule has 0 amide bonds. The van der Waals surface area contributed by atoms with Crippen LogP contribution in [0.25, 0.3) is 0 Å². The van der Waals surface area contributed by atoms with Gasteiger partial charge in [0.05, 0.1) is 5.71 Å². The fourth-order valence-electron chi connectivity index (χ4n) is 1.36. The highest BCUT2D eigenvalue weighted by molar-refractivity contribution is 7.80. The minimum absolute atomic E-state index is 0.140. The summed E-state index contributed by atoms with van der Waals surface area (Å²) in [6.45, 7) is 0. The molecular formula is C7H9N5OS. The fourth-order valence-corrected chi connectivity index (χ4v) is 1.41. The lowest BCUT2D eigenvalue weighted by Crippen LogP contribution is -2.26. The molecule has 6 nitrogen and oxygen atoms in total. The average Bonchev–Trinajstić information content (AvgIpc) is 2.62. The van der Waals surface area contributed by atoms with Crippen LogP contribution in [0.3, 0.4) is 0 Å². The number of aryl methyl sites for hydroxylation is 1. The van der Waals surface area contributed by atoms with Crippen LogP contribution >= 0.6 is 12.2 Å². The van der Waals surface area contributed by atoms with Crippen LogP contribution in [-0.2, 0) is 6.42 Å². The van der Waals surface area contributed by atoms with Crippen molar-refractivity contribution in [3.05, 3.63) is 11.4 Å². The molecule has 7 heteroatoms. The highest BCUT2D eigenvalue weighted by atomic mass is 32.1. The second-order valence-corrected chi connectivity index (χ2v) is 3.39. The Morgan fingerprint density at radius 3 is 3.14 bits per heavy atom. The molecule has 2 rings (SSSR count). The first-order chi connectivity index (χ1) is 6.77. The standard InChI is InChI=1S/C7H9N5OS/c8-7(14)10-9-4-2-1-3-5-6(4)12-13-11-5/h1-3H2,(H3,8,10,14). The normalized spacial score (nSPS) is 17.9. The molecule has 74 valence electrons. The minimum atomic E-state index is 0.140. The molecule has 1 aliphatic rings. The van der Waals surface area contributed by atoms with Gasteiger partial charge in [0.25, 0.3) is 0 Å². The van der Waals surface area contributed by atoms with Crippen LogP contribution in [0, 0.1) is 0 Å². The highest BCUT2D eigenvalue weighted by Crippen LogP contribution is 2.17. The fraction of sp³-hybridized carbons (Fsp3) is 0.429. The lowest BCUT2D eigenvalue weighted by Gasteiger charge is -2.09. The van der Waals surface area contributed by atoms with Crippen molar-refractivity contribution in [2.75, 3.05) is 0 Å². The Bertz CT molecular complexity index is 385. The van der Waals surface area contributed by atoms with Gasteiger partial charge in [0.1, 0.15) is 5.69 Å². The summed E-state index contributed by atoms with van der Waals surface area (Å²) in [6.07, 6.45) is 2.70. The lowest BCUT2D eigenvalue weighted by atomic mass is 9.99. The largest absolute Gasteiger partial charge is 0.375 e. The molecular weight excluding hydrogens is 202 g/mol. The van der Waals surface area contributed by atoms with Gasteiger partial charge in [-0.2, -0.15) is 5.10 Å². The molecule has 1 aromatic rings. The van der Waals surface area contributed by atoms with Gasteiger partial charge in [-0.1, -0.05) is 5.16 Å². The SMILES string of the molecule is NC(=S)NN=C1CCCc2nonc21. The molecule has 0 fully saturated rings. The number of fused-ring (bicyclic) bond motifs is 1. The summed E-state index contributed by atoms with van der Waals surface area (Å²) in [4.78, 5) is 0. The van der Waals surface area contributed by atoms with Crippen molar-refractivity contribution in [2.24, 2.45) is 10.8 Å². The van der Waals surface area contributed by atoms with Crippen molar-refractivity contribution < 1.29 is 4.63 Å². The molecule has 1 heterocycles. The van der Waals surface area contributed by atoms with Gasteiger partial charge >= 0.3 is 0 Å². The summed E-state index contributed by atoms with van der Waals surface area (Å²) in [5.74, 6) is 0. The number of hydrazone groups is 1. The van der Waals surface area contributed by atoms with Gasteiger partial charge in [-0.05, 0) is 36.6 Å². The van der Waals surface area contributed by atoms with Gasteiger partial charge < -0.3 is 5.73 Å². The number of hydrogen-bond acceptors (Lipinski definition) is 5. The van der Waals surface area contributed by atoms with Crippen LogP contribution in [0.4, 0.5) is 0 Å². The van der Waals surface area contributed by atoms with E-state index in [2.05, 4.69) is 37.7 Å². The van der Waals surface area contributed by atoms with Crippen LogP contribution in [0.1, 0.15) is 24.2 Å². The molecule has 0 unspecified atom stereocenters. The highest BCUT2D eigenvalue weighted by Gasteiger charge is 2.21.